The molecule has 0 aliphatic carbocycles. The molecule has 0 fully saturated rings. The van der Waals surface area contributed by atoms with Crippen molar-refractivity contribution in [2.45, 2.75) is 0 Å². The van der Waals surface area contributed by atoms with Gasteiger partial charge in [-0.05, 0) is 50.1 Å². The molecule has 0 spiro atoms. The van der Waals surface area contributed by atoms with Crippen molar-refractivity contribution in [3.63, 3.8) is 0 Å². The molecule has 0 saturated carbocycles. The molecule has 0 saturated heterocycles. The number of anilines is 1. The summed E-state index contributed by atoms with van der Waals surface area (Å²) in [5, 5.41) is 2.53. The number of rotatable bonds is 3. The number of aromatic nitrogens is 2. The third-order valence-corrected chi connectivity index (χ3v) is 3.28. The number of ether oxygens (including phenoxy) is 1. The molecule has 0 unspecified atom stereocenters. The lowest BCUT2D eigenvalue weighted by Crippen LogP contribution is -2.14. The number of halogens is 3. The lowest BCUT2D eigenvalue weighted by molar-refractivity contribution is 0.102. The van der Waals surface area contributed by atoms with E-state index in [1.807, 2.05) is 0 Å². The lowest BCUT2D eigenvalue weighted by atomic mass is 10.2. The van der Waals surface area contributed by atoms with Crippen molar-refractivity contribution in [1.29, 1.82) is 0 Å². The quantitative estimate of drug-likeness (QED) is 0.851. The maximum atomic E-state index is 13.5. The highest BCUT2D eigenvalue weighted by Crippen LogP contribution is 2.21. The Kier molecular flexibility index (Phi) is 4.66. The first-order valence-corrected chi connectivity index (χ1v) is 6.93. The summed E-state index contributed by atoms with van der Waals surface area (Å²) in [5.74, 6) is -0.787. The van der Waals surface area contributed by atoms with Crippen LogP contribution in [0.1, 0.15) is 10.4 Å². The monoisotopic (exact) mass is 403 g/mol. The first-order valence-electron chi connectivity index (χ1n) is 5.34. The minimum atomic E-state index is -0.610. The summed E-state index contributed by atoms with van der Waals surface area (Å²) in [6.45, 7) is 0. The van der Waals surface area contributed by atoms with E-state index in [-0.39, 0.29) is 17.1 Å². The SMILES string of the molecule is COc1ccc(C(=O)Nc2ncc(Br)nc2Br)cc1F. The van der Waals surface area contributed by atoms with Crippen molar-refractivity contribution in [3.8, 4) is 5.75 Å². The number of nitrogens with one attached hydrogen (secondary N) is 1. The molecule has 1 aromatic heterocycles. The highest BCUT2D eigenvalue weighted by atomic mass is 79.9. The zero-order valence-corrected chi connectivity index (χ0v) is 13.3. The lowest BCUT2D eigenvalue weighted by Gasteiger charge is -2.07. The summed E-state index contributed by atoms with van der Waals surface area (Å²) < 4.78 is 19.2. The predicted molar refractivity (Wildman–Crippen MR) is 78.3 cm³/mol. The first-order chi connectivity index (χ1) is 9.51. The normalized spacial score (nSPS) is 10.2. The van der Waals surface area contributed by atoms with Crippen molar-refractivity contribution in [1.82, 2.24) is 9.97 Å². The number of methoxy groups -OCH3 is 1. The Bertz CT molecular complexity index is 667. The fourth-order valence-corrected chi connectivity index (χ4v) is 2.33. The van der Waals surface area contributed by atoms with Crippen LogP contribution in [0.5, 0.6) is 5.75 Å². The second-order valence-electron chi connectivity index (χ2n) is 3.64. The van der Waals surface area contributed by atoms with Crippen molar-refractivity contribution in [3.05, 3.63) is 45.0 Å². The van der Waals surface area contributed by atoms with Gasteiger partial charge in [0.2, 0.25) is 0 Å². The largest absolute Gasteiger partial charge is 0.494 e. The van der Waals surface area contributed by atoms with Gasteiger partial charge in [0.15, 0.2) is 17.4 Å². The van der Waals surface area contributed by atoms with Crippen LogP contribution < -0.4 is 10.1 Å². The topological polar surface area (TPSA) is 64.1 Å². The molecule has 0 aliphatic rings. The van der Waals surface area contributed by atoms with Crippen molar-refractivity contribution < 1.29 is 13.9 Å². The van der Waals surface area contributed by atoms with Gasteiger partial charge in [-0.3, -0.25) is 4.79 Å². The van der Waals surface area contributed by atoms with Crippen molar-refractivity contribution in [2.75, 3.05) is 12.4 Å². The fourth-order valence-electron chi connectivity index (χ4n) is 1.42. The smallest absolute Gasteiger partial charge is 0.256 e. The van der Waals surface area contributed by atoms with E-state index in [9.17, 15) is 9.18 Å². The fraction of sp³-hybridized carbons (Fsp3) is 0.0833. The van der Waals surface area contributed by atoms with Gasteiger partial charge in [0, 0.05) is 5.56 Å². The maximum Gasteiger partial charge on any atom is 0.256 e. The second-order valence-corrected chi connectivity index (χ2v) is 5.20. The van der Waals surface area contributed by atoms with Gasteiger partial charge in [0.1, 0.15) is 9.21 Å². The van der Waals surface area contributed by atoms with Crippen LogP contribution in [0, 0.1) is 5.82 Å². The van der Waals surface area contributed by atoms with E-state index in [1.165, 1.54) is 25.4 Å². The average molecular weight is 405 g/mol. The average Bonchev–Trinajstić information content (AvgIpc) is 2.41. The number of nitrogens with zero attached hydrogens (tertiary/aromatic N) is 2. The van der Waals surface area contributed by atoms with Crippen LogP contribution in [0.15, 0.2) is 33.6 Å². The summed E-state index contributed by atoms with van der Waals surface area (Å²) in [5.41, 5.74) is 0.153. The number of hydrogen-bond donors (Lipinski definition) is 1. The van der Waals surface area contributed by atoms with Crippen LogP contribution in [0.2, 0.25) is 0 Å². The van der Waals surface area contributed by atoms with E-state index in [0.717, 1.165) is 6.07 Å². The standard InChI is InChI=1S/C12H8Br2FN3O2/c1-20-8-3-2-6(4-7(8)15)12(19)18-11-10(14)17-9(13)5-16-11/h2-5H,1H3,(H,16,18,19). The van der Waals surface area contributed by atoms with Gasteiger partial charge < -0.3 is 10.1 Å². The van der Waals surface area contributed by atoms with Crippen LogP contribution in [0.4, 0.5) is 10.2 Å². The predicted octanol–water partition coefficient (Wildman–Crippen LogP) is 3.40. The summed E-state index contributed by atoms with van der Waals surface area (Å²) in [6, 6.07) is 3.93. The third-order valence-electron chi connectivity index (χ3n) is 2.35. The van der Waals surface area contributed by atoms with Gasteiger partial charge in [0.25, 0.3) is 5.91 Å². The Hall–Kier alpha value is -1.54. The maximum absolute atomic E-state index is 13.5. The van der Waals surface area contributed by atoms with Crippen LogP contribution in [0.3, 0.4) is 0 Å². The van der Waals surface area contributed by atoms with Gasteiger partial charge in [-0.15, -0.1) is 0 Å². The van der Waals surface area contributed by atoms with Gasteiger partial charge in [-0.2, -0.15) is 0 Å². The van der Waals surface area contributed by atoms with E-state index < -0.39 is 11.7 Å². The minimum Gasteiger partial charge on any atom is -0.494 e. The molecule has 1 heterocycles. The molecule has 1 N–H and O–H groups in total. The second kappa shape index (κ2) is 6.27. The Morgan fingerprint density at radius 2 is 2.15 bits per heavy atom. The van der Waals surface area contributed by atoms with Gasteiger partial charge in [0.05, 0.1) is 13.3 Å². The Morgan fingerprint density at radius 1 is 1.40 bits per heavy atom. The molecule has 2 rings (SSSR count). The van der Waals surface area contributed by atoms with E-state index in [2.05, 4.69) is 47.1 Å². The number of benzene rings is 1. The summed E-state index contributed by atoms with van der Waals surface area (Å²) >= 11 is 6.33. The molecule has 1 aromatic carbocycles. The Balaban J connectivity index is 2.21. The van der Waals surface area contributed by atoms with Crippen LogP contribution in [0.25, 0.3) is 0 Å². The first kappa shape index (κ1) is 14.9. The highest BCUT2D eigenvalue weighted by Gasteiger charge is 2.13. The molecule has 5 nitrogen and oxygen atoms in total. The summed E-state index contributed by atoms with van der Waals surface area (Å²) in [7, 11) is 1.35. The van der Waals surface area contributed by atoms with Crippen LogP contribution in [-0.2, 0) is 0 Å². The molecule has 1 amide bonds. The Morgan fingerprint density at radius 3 is 2.75 bits per heavy atom. The zero-order valence-electron chi connectivity index (χ0n) is 10.2. The molecule has 8 heteroatoms. The molecule has 104 valence electrons. The molecular weight excluding hydrogens is 397 g/mol. The van der Waals surface area contributed by atoms with Crippen LogP contribution >= 0.6 is 31.9 Å². The molecule has 0 radical (unpaired) electrons. The molecule has 20 heavy (non-hydrogen) atoms. The van der Waals surface area contributed by atoms with E-state index in [0.29, 0.717) is 9.21 Å². The minimum absolute atomic E-state index is 0.0752. The molecule has 0 aliphatic heterocycles. The zero-order chi connectivity index (χ0) is 14.7. The summed E-state index contributed by atoms with van der Waals surface area (Å²) in [6.07, 6.45) is 1.44. The number of carbonyl (C=O) groups excluding carboxylic acids is 1. The molecular formula is C12H8Br2FN3O2. The number of hydrogen-bond acceptors (Lipinski definition) is 4. The molecule has 0 bridgehead atoms. The van der Waals surface area contributed by atoms with Gasteiger partial charge in [-0.1, -0.05) is 0 Å². The number of carbonyl (C=O) groups is 1. The molecule has 0 atom stereocenters. The van der Waals surface area contributed by atoms with Crippen LogP contribution in [-0.4, -0.2) is 23.0 Å². The van der Waals surface area contributed by atoms with Crippen molar-refractivity contribution >= 4 is 43.6 Å². The molecule has 2 aromatic rings. The van der Waals surface area contributed by atoms with Gasteiger partial charge >= 0.3 is 0 Å². The van der Waals surface area contributed by atoms with E-state index in [1.54, 1.807) is 0 Å². The summed E-state index contributed by atoms with van der Waals surface area (Å²) in [4.78, 5) is 20.0. The number of amides is 1. The Labute approximate surface area is 130 Å². The highest BCUT2D eigenvalue weighted by molar-refractivity contribution is 9.11. The van der Waals surface area contributed by atoms with Crippen molar-refractivity contribution in [2.24, 2.45) is 0 Å². The van der Waals surface area contributed by atoms with Gasteiger partial charge in [-0.25, -0.2) is 14.4 Å². The van der Waals surface area contributed by atoms with E-state index >= 15 is 0 Å². The van der Waals surface area contributed by atoms with E-state index in [4.69, 9.17) is 4.74 Å². The third kappa shape index (κ3) is 3.31.